The Balaban J connectivity index is 1.85. The van der Waals surface area contributed by atoms with E-state index in [1.54, 1.807) is 0 Å². The van der Waals surface area contributed by atoms with Crippen molar-refractivity contribution < 1.29 is 5.11 Å². The number of aryl methyl sites for hydroxylation is 2. The Labute approximate surface area is 114 Å². The number of nitrogens with zero attached hydrogens (tertiary/aromatic N) is 3. The van der Waals surface area contributed by atoms with Gasteiger partial charge in [-0.3, -0.25) is 4.68 Å². The lowest BCUT2D eigenvalue weighted by molar-refractivity contribution is 0.265. The van der Waals surface area contributed by atoms with Crippen molar-refractivity contribution in [3.05, 3.63) is 11.3 Å². The molecular weight excluding hydrogens is 240 g/mol. The van der Waals surface area contributed by atoms with Crippen molar-refractivity contribution in [2.24, 2.45) is 7.05 Å². The fourth-order valence-electron chi connectivity index (χ4n) is 3.09. The van der Waals surface area contributed by atoms with Crippen LogP contribution in [0.5, 0.6) is 0 Å². The number of hydrogen-bond donors (Lipinski definition) is 2. The second-order valence-corrected chi connectivity index (χ2v) is 5.84. The summed E-state index contributed by atoms with van der Waals surface area (Å²) in [5.74, 6) is 1.20. The maximum absolute atomic E-state index is 9.53. The van der Waals surface area contributed by atoms with Crippen molar-refractivity contribution in [2.75, 3.05) is 18.1 Å². The van der Waals surface area contributed by atoms with Gasteiger partial charge in [-0.05, 0) is 32.6 Å². The minimum absolute atomic E-state index is 0.236. The van der Waals surface area contributed by atoms with Gasteiger partial charge in [0.15, 0.2) is 0 Å². The molecule has 0 bridgehead atoms. The molecule has 5 heteroatoms. The molecule has 106 valence electrons. The number of aliphatic hydroxyl groups excluding tert-OH is 1. The highest BCUT2D eigenvalue weighted by atomic mass is 16.3. The molecule has 0 radical (unpaired) electrons. The van der Waals surface area contributed by atoms with Crippen LogP contribution in [0.1, 0.15) is 36.9 Å². The summed E-state index contributed by atoms with van der Waals surface area (Å²) in [4.78, 5) is 2.34. The number of anilines is 1. The molecule has 3 rings (SSSR count). The number of aliphatic hydroxyl groups is 1. The molecule has 2 N–H and O–H groups in total. The van der Waals surface area contributed by atoms with Crippen LogP contribution in [0.3, 0.4) is 0 Å². The second-order valence-electron chi connectivity index (χ2n) is 5.84. The topological polar surface area (TPSA) is 53.3 Å². The summed E-state index contributed by atoms with van der Waals surface area (Å²) >= 11 is 0. The molecule has 19 heavy (non-hydrogen) atoms. The monoisotopic (exact) mass is 264 g/mol. The molecule has 1 atom stereocenters. The van der Waals surface area contributed by atoms with E-state index in [2.05, 4.69) is 22.2 Å². The first-order chi connectivity index (χ1) is 9.20. The lowest BCUT2D eigenvalue weighted by Crippen LogP contribution is -2.34. The number of nitrogens with one attached hydrogen (secondary N) is 1. The van der Waals surface area contributed by atoms with Gasteiger partial charge in [-0.15, -0.1) is 0 Å². The largest absolute Gasteiger partial charge is 0.394 e. The first-order valence-corrected chi connectivity index (χ1v) is 7.34. The third-order valence-corrected chi connectivity index (χ3v) is 4.32. The van der Waals surface area contributed by atoms with Crippen LogP contribution < -0.4 is 10.2 Å². The summed E-state index contributed by atoms with van der Waals surface area (Å²) in [6, 6.07) is 0.967. The van der Waals surface area contributed by atoms with Crippen LogP contribution >= 0.6 is 0 Å². The van der Waals surface area contributed by atoms with E-state index in [9.17, 15) is 5.11 Å². The molecule has 1 aliphatic heterocycles. The Kier molecular flexibility index (Phi) is 3.50. The van der Waals surface area contributed by atoms with Crippen LogP contribution in [0.15, 0.2) is 0 Å². The third-order valence-electron chi connectivity index (χ3n) is 4.32. The number of aromatic nitrogens is 2. The zero-order chi connectivity index (χ0) is 13.4. The lowest BCUT2D eigenvalue weighted by Gasteiger charge is -2.26. The Bertz CT molecular complexity index is 453. The SMILES string of the molecule is Cc1nn(C)c(N2CCCC2CO)c1CNC1CC1. The van der Waals surface area contributed by atoms with Crippen LogP contribution in [-0.2, 0) is 13.6 Å². The van der Waals surface area contributed by atoms with Crippen LogP contribution in [0.2, 0.25) is 0 Å². The molecule has 2 fully saturated rings. The molecule has 5 nitrogen and oxygen atoms in total. The van der Waals surface area contributed by atoms with Gasteiger partial charge in [0, 0.05) is 31.7 Å². The highest BCUT2D eigenvalue weighted by Gasteiger charge is 2.30. The predicted octanol–water partition coefficient (Wildman–Crippen LogP) is 0.942. The number of hydrogen-bond acceptors (Lipinski definition) is 4. The molecule has 1 aliphatic carbocycles. The lowest BCUT2D eigenvalue weighted by atomic mass is 10.2. The van der Waals surface area contributed by atoms with Crippen molar-refractivity contribution in [1.29, 1.82) is 0 Å². The van der Waals surface area contributed by atoms with E-state index >= 15 is 0 Å². The molecule has 1 aromatic heterocycles. The third kappa shape index (κ3) is 2.49. The van der Waals surface area contributed by atoms with Gasteiger partial charge < -0.3 is 15.3 Å². The maximum Gasteiger partial charge on any atom is 0.131 e. The molecule has 0 spiro atoms. The van der Waals surface area contributed by atoms with Gasteiger partial charge in [0.05, 0.1) is 18.3 Å². The summed E-state index contributed by atoms with van der Waals surface area (Å²) < 4.78 is 1.98. The van der Waals surface area contributed by atoms with E-state index in [-0.39, 0.29) is 12.6 Å². The van der Waals surface area contributed by atoms with Gasteiger partial charge in [0.1, 0.15) is 5.82 Å². The minimum Gasteiger partial charge on any atom is -0.394 e. The summed E-state index contributed by atoms with van der Waals surface area (Å²) in [6.07, 6.45) is 4.84. The molecular formula is C14H24N4O. The Morgan fingerprint density at radius 2 is 2.16 bits per heavy atom. The zero-order valence-corrected chi connectivity index (χ0v) is 11.9. The van der Waals surface area contributed by atoms with Crippen LogP contribution in [-0.4, -0.2) is 40.1 Å². The Morgan fingerprint density at radius 1 is 1.37 bits per heavy atom. The van der Waals surface area contributed by atoms with E-state index in [4.69, 9.17) is 0 Å². The van der Waals surface area contributed by atoms with Crippen LogP contribution in [0.25, 0.3) is 0 Å². The normalized spacial score (nSPS) is 23.3. The average Bonchev–Trinajstić information content (AvgIpc) is 3.02. The van der Waals surface area contributed by atoms with Gasteiger partial charge in [-0.2, -0.15) is 5.10 Å². The quantitative estimate of drug-likeness (QED) is 0.831. The summed E-state index contributed by atoms with van der Waals surface area (Å²) in [5, 5.41) is 17.7. The molecule has 1 aromatic rings. The van der Waals surface area contributed by atoms with Crippen molar-refractivity contribution in [3.63, 3.8) is 0 Å². The van der Waals surface area contributed by atoms with Gasteiger partial charge in [0.25, 0.3) is 0 Å². The van der Waals surface area contributed by atoms with Crippen molar-refractivity contribution in [3.8, 4) is 0 Å². The predicted molar refractivity (Wildman–Crippen MR) is 75.3 cm³/mol. The molecule has 1 saturated carbocycles. The van der Waals surface area contributed by atoms with Crippen molar-refractivity contribution >= 4 is 5.82 Å². The average molecular weight is 264 g/mol. The molecule has 1 unspecified atom stereocenters. The van der Waals surface area contributed by atoms with E-state index < -0.39 is 0 Å². The number of rotatable bonds is 5. The first kappa shape index (κ1) is 12.9. The standard InChI is InChI=1S/C14H24N4O/c1-10-13(8-15-11-5-6-11)14(17(2)16-10)18-7-3-4-12(18)9-19/h11-12,15,19H,3-9H2,1-2H3. The highest BCUT2D eigenvalue weighted by molar-refractivity contribution is 5.52. The van der Waals surface area contributed by atoms with Gasteiger partial charge in [-0.25, -0.2) is 0 Å². The molecule has 0 amide bonds. The van der Waals surface area contributed by atoms with Crippen LogP contribution in [0.4, 0.5) is 5.82 Å². The van der Waals surface area contributed by atoms with Gasteiger partial charge in [-0.1, -0.05) is 0 Å². The first-order valence-electron chi connectivity index (χ1n) is 7.34. The minimum atomic E-state index is 0.236. The Morgan fingerprint density at radius 3 is 2.84 bits per heavy atom. The van der Waals surface area contributed by atoms with Crippen LogP contribution in [0, 0.1) is 6.92 Å². The molecule has 2 heterocycles. The van der Waals surface area contributed by atoms with E-state index in [0.717, 1.165) is 31.6 Å². The van der Waals surface area contributed by atoms with Gasteiger partial charge >= 0.3 is 0 Å². The van der Waals surface area contributed by atoms with E-state index in [1.165, 1.54) is 24.2 Å². The Hall–Kier alpha value is -1.07. The van der Waals surface area contributed by atoms with Crippen molar-refractivity contribution in [2.45, 2.75) is 51.2 Å². The summed E-state index contributed by atoms with van der Waals surface area (Å²) in [7, 11) is 2.01. The molecule has 0 aromatic carbocycles. The fraction of sp³-hybridized carbons (Fsp3) is 0.786. The molecule has 2 aliphatic rings. The smallest absolute Gasteiger partial charge is 0.131 e. The fourth-order valence-corrected chi connectivity index (χ4v) is 3.09. The molecule has 1 saturated heterocycles. The van der Waals surface area contributed by atoms with Crippen molar-refractivity contribution in [1.82, 2.24) is 15.1 Å². The maximum atomic E-state index is 9.53. The zero-order valence-electron chi connectivity index (χ0n) is 11.9. The van der Waals surface area contributed by atoms with E-state index in [1.807, 2.05) is 11.7 Å². The highest BCUT2D eigenvalue weighted by Crippen LogP contribution is 2.30. The second kappa shape index (κ2) is 5.13. The van der Waals surface area contributed by atoms with Gasteiger partial charge in [0.2, 0.25) is 0 Å². The van der Waals surface area contributed by atoms with E-state index in [0.29, 0.717) is 6.04 Å². The summed E-state index contributed by atoms with van der Waals surface area (Å²) in [5.41, 5.74) is 2.41. The summed E-state index contributed by atoms with van der Waals surface area (Å²) in [6.45, 7) is 4.24.